The molecule has 0 radical (unpaired) electrons. The van der Waals surface area contributed by atoms with Gasteiger partial charge in [0.25, 0.3) is 0 Å². The molecule has 1 heterocycles. The Balaban J connectivity index is 2.84. The predicted octanol–water partition coefficient (Wildman–Crippen LogP) is 0.943. The lowest BCUT2D eigenvalue weighted by atomic mass is 10.3. The molecule has 0 saturated carbocycles. The average Bonchev–Trinajstić information content (AvgIpc) is 2.14. The molecule has 1 N–H and O–H groups in total. The second-order valence-electron chi connectivity index (χ2n) is 1.51. The van der Waals surface area contributed by atoms with E-state index in [4.69, 9.17) is 5.11 Å². The van der Waals surface area contributed by atoms with Crippen LogP contribution < -0.4 is 0 Å². The predicted molar refractivity (Wildman–Crippen MR) is 27.5 cm³/mol. The molecule has 0 amide bonds. The summed E-state index contributed by atoms with van der Waals surface area (Å²) in [6, 6.07) is 1.50. The van der Waals surface area contributed by atoms with Crippen LogP contribution in [0.15, 0.2) is 10.6 Å². The largest absolute Gasteiger partial charge is 0.479 e. The van der Waals surface area contributed by atoms with E-state index in [-0.39, 0.29) is 5.95 Å². The molecule has 0 aromatic carbocycles. The molecular formula is C5H7NO2. The lowest BCUT2D eigenvalue weighted by Gasteiger charge is -1.74. The summed E-state index contributed by atoms with van der Waals surface area (Å²) in [7, 11) is 0. The second-order valence-corrected chi connectivity index (χ2v) is 1.51. The molecule has 0 aliphatic heterocycles. The van der Waals surface area contributed by atoms with Gasteiger partial charge in [-0.05, 0) is 6.42 Å². The molecule has 0 saturated heterocycles. The van der Waals surface area contributed by atoms with Crippen molar-refractivity contribution in [1.82, 2.24) is 5.16 Å². The summed E-state index contributed by atoms with van der Waals surface area (Å²) in [5.74, 6) is -0.109. The second kappa shape index (κ2) is 1.86. The van der Waals surface area contributed by atoms with Gasteiger partial charge in [0.1, 0.15) is 0 Å². The average molecular weight is 113 g/mol. The zero-order valence-corrected chi connectivity index (χ0v) is 4.59. The zero-order valence-electron chi connectivity index (χ0n) is 4.59. The van der Waals surface area contributed by atoms with Crippen molar-refractivity contribution in [2.45, 2.75) is 13.3 Å². The smallest absolute Gasteiger partial charge is 0.308 e. The van der Waals surface area contributed by atoms with Gasteiger partial charge in [0.15, 0.2) is 0 Å². The van der Waals surface area contributed by atoms with Gasteiger partial charge in [0.05, 0.1) is 5.69 Å². The first-order valence-electron chi connectivity index (χ1n) is 2.47. The van der Waals surface area contributed by atoms with Crippen molar-refractivity contribution >= 4 is 0 Å². The van der Waals surface area contributed by atoms with Crippen molar-refractivity contribution < 1.29 is 9.63 Å². The molecule has 0 aliphatic carbocycles. The number of rotatable bonds is 1. The van der Waals surface area contributed by atoms with E-state index in [1.165, 1.54) is 6.07 Å². The quantitative estimate of drug-likeness (QED) is 0.589. The Morgan fingerprint density at radius 1 is 1.88 bits per heavy atom. The third-order valence-corrected chi connectivity index (χ3v) is 0.909. The summed E-state index contributed by atoms with van der Waals surface area (Å²) >= 11 is 0. The molecule has 0 atom stereocenters. The first-order chi connectivity index (χ1) is 3.83. The Hall–Kier alpha value is -0.990. The first-order valence-corrected chi connectivity index (χ1v) is 2.47. The van der Waals surface area contributed by atoms with Crippen molar-refractivity contribution in [3.05, 3.63) is 11.8 Å². The monoisotopic (exact) mass is 113 g/mol. The van der Waals surface area contributed by atoms with Crippen LogP contribution >= 0.6 is 0 Å². The van der Waals surface area contributed by atoms with Crippen LogP contribution in [0.4, 0.5) is 0 Å². The van der Waals surface area contributed by atoms with Crippen LogP contribution in [-0.4, -0.2) is 10.3 Å². The third kappa shape index (κ3) is 0.804. The van der Waals surface area contributed by atoms with Crippen LogP contribution in [0.25, 0.3) is 0 Å². The maximum atomic E-state index is 8.56. The number of nitrogens with zero attached hydrogens (tertiary/aromatic N) is 1. The van der Waals surface area contributed by atoms with Crippen LogP contribution in [-0.2, 0) is 6.42 Å². The van der Waals surface area contributed by atoms with Crippen molar-refractivity contribution in [2.24, 2.45) is 0 Å². The molecule has 0 bridgehead atoms. The fourth-order valence-corrected chi connectivity index (χ4v) is 0.467. The minimum absolute atomic E-state index is 0.109. The minimum atomic E-state index is -0.109. The van der Waals surface area contributed by atoms with Crippen LogP contribution in [0.2, 0.25) is 0 Å². The maximum absolute atomic E-state index is 8.56. The van der Waals surface area contributed by atoms with E-state index in [0.717, 1.165) is 12.1 Å². The van der Waals surface area contributed by atoms with E-state index >= 15 is 0 Å². The topological polar surface area (TPSA) is 46.3 Å². The van der Waals surface area contributed by atoms with E-state index in [1.54, 1.807) is 0 Å². The van der Waals surface area contributed by atoms with Gasteiger partial charge in [0, 0.05) is 6.07 Å². The molecule has 1 rings (SSSR count). The van der Waals surface area contributed by atoms with E-state index in [1.807, 2.05) is 6.92 Å². The van der Waals surface area contributed by atoms with Crippen LogP contribution in [0.5, 0.6) is 5.95 Å². The number of aromatic nitrogens is 1. The van der Waals surface area contributed by atoms with Crippen LogP contribution in [0, 0.1) is 0 Å². The van der Waals surface area contributed by atoms with Crippen molar-refractivity contribution in [1.29, 1.82) is 0 Å². The van der Waals surface area contributed by atoms with E-state index in [0.29, 0.717) is 0 Å². The molecule has 0 unspecified atom stereocenters. The summed E-state index contributed by atoms with van der Waals surface area (Å²) in [5, 5.41) is 12.1. The summed E-state index contributed by atoms with van der Waals surface area (Å²) in [5.41, 5.74) is 0.780. The van der Waals surface area contributed by atoms with Gasteiger partial charge in [-0.25, -0.2) is 0 Å². The molecule has 1 aromatic heterocycles. The Morgan fingerprint density at radius 2 is 2.62 bits per heavy atom. The normalized spacial score (nSPS) is 9.62. The lowest BCUT2D eigenvalue weighted by molar-refractivity contribution is 0.276. The van der Waals surface area contributed by atoms with E-state index in [9.17, 15) is 0 Å². The van der Waals surface area contributed by atoms with Crippen LogP contribution in [0.3, 0.4) is 0 Å². The highest BCUT2D eigenvalue weighted by atomic mass is 16.5. The molecule has 0 fully saturated rings. The minimum Gasteiger partial charge on any atom is -0.479 e. The molecule has 0 spiro atoms. The molecule has 1 aromatic rings. The fourth-order valence-electron chi connectivity index (χ4n) is 0.467. The highest BCUT2D eigenvalue weighted by Gasteiger charge is 1.95. The van der Waals surface area contributed by atoms with E-state index in [2.05, 4.69) is 9.68 Å². The lowest BCUT2D eigenvalue weighted by Crippen LogP contribution is -1.73. The van der Waals surface area contributed by atoms with Crippen molar-refractivity contribution in [3.8, 4) is 5.95 Å². The number of aryl methyl sites for hydroxylation is 1. The van der Waals surface area contributed by atoms with Gasteiger partial charge < -0.3 is 9.63 Å². The maximum Gasteiger partial charge on any atom is 0.308 e. The van der Waals surface area contributed by atoms with Gasteiger partial charge in [-0.3, -0.25) is 0 Å². The summed E-state index contributed by atoms with van der Waals surface area (Å²) in [6.07, 6.45) is 0.796. The Bertz CT molecular complexity index is 171. The van der Waals surface area contributed by atoms with Gasteiger partial charge >= 0.3 is 5.95 Å². The highest BCUT2D eigenvalue weighted by Crippen LogP contribution is 2.08. The molecule has 3 heteroatoms. The standard InChI is InChI=1S/C5H7NO2/c1-2-4-3-5(7)8-6-4/h3,7H,2H2,1H3. The molecule has 3 nitrogen and oxygen atoms in total. The van der Waals surface area contributed by atoms with Gasteiger partial charge in [0.2, 0.25) is 0 Å². The fraction of sp³-hybridized carbons (Fsp3) is 0.400. The van der Waals surface area contributed by atoms with Gasteiger partial charge in [-0.15, -0.1) is 0 Å². The summed E-state index contributed by atoms with van der Waals surface area (Å²) < 4.78 is 4.36. The molecular weight excluding hydrogens is 106 g/mol. The molecule has 44 valence electrons. The number of aromatic hydroxyl groups is 1. The summed E-state index contributed by atoms with van der Waals surface area (Å²) in [6.45, 7) is 1.94. The van der Waals surface area contributed by atoms with Crippen molar-refractivity contribution in [2.75, 3.05) is 0 Å². The van der Waals surface area contributed by atoms with Gasteiger partial charge in [-0.2, -0.15) is 0 Å². The Kier molecular flexibility index (Phi) is 1.20. The van der Waals surface area contributed by atoms with E-state index < -0.39 is 0 Å². The van der Waals surface area contributed by atoms with Gasteiger partial charge in [-0.1, -0.05) is 12.1 Å². The van der Waals surface area contributed by atoms with Crippen molar-refractivity contribution in [3.63, 3.8) is 0 Å². The molecule has 0 aliphatic rings. The van der Waals surface area contributed by atoms with Crippen LogP contribution in [0.1, 0.15) is 12.6 Å². The number of hydrogen-bond acceptors (Lipinski definition) is 3. The Labute approximate surface area is 46.9 Å². The molecule has 8 heavy (non-hydrogen) atoms. The highest BCUT2D eigenvalue weighted by molar-refractivity contribution is 5.07. The number of hydrogen-bond donors (Lipinski definition) is 1. The first kappa shape index (κ1) is 5.15. The Morgan fingerprint density at radius 3 is 2.88 bits per heavy atom. The SMILES string of the molecule is CCc1cc(O)on1. The third-order valence-electron chi connectivity index (χ3n) is 0.909. The zero-order chi connectivity index (χ0) is 5.98. The summed E-state index contributed by atoms with van der Waals surface area (Å²) in [4.78, 5) is 0.